The number of methoxy groups -OCH3 is 2. The summed E-state index contributed by atoms with van der Waals surface area (Å²) in [7, 11) is -0.149. The zero-order valence-corrected chi connectivity index (χ0v) is 12.7. The monoisotopic (exact) mass is 322 g/mol. The Hall–Kier alpha value is -2.06. The van der Waals surface area contributed by atoms with Crippen molar-refractivity contribution >= 4 is 25.2 Å². The molecule has 0 heterocycles. The Morgan fingerprint density at radius 1 is 0.783 bits per heavy atom. The van der Waals surface area contributed by atoms with Gasteiger partial charge in [-0.2, -0.15) is 0 Å². The molecule has 6 nitrogen and oxygen atoms in total. The van der Waals surface area contributed by atoms with Crippen LogP contribution in [0.1, 0.15) is 0 Å². The lowest BCUT2D eigenvalue weighted by Crippen LogP contribution is -2.29. The summed E-state index contributed by atoms with van der Waals surface area (Å²) in [6.45, 7) is 0. The molecule has 0 aliphatic rings. The van der Waals surface area contributed by atoms with Crippen molar-refractivity contribution in [2.75, 3.05) is 14.2 Å². The number of rotatable bonds is 4. The molecule has 0 fully saturated rings. The maximum absolute atomic E-state index is 12.9. The number of halogens is 1. The van der Waals surface area contributed by atoms with E-state index in [0.29, 0.717) is 11.2 Å². The molecule has 0 aliphatic heterocycles. The summed E-state index contributed by atoms with van der Waals surface area (Å²) < 4.78 is 22.4. The van der Waals surface area contributed by atoms with Crippen LogP contribution >= 0.6 is 0 Å². The minimum atomic E-state index is -1.65. The molecule has 0 unspecified atom stereocenters. The van der Waals surface area contributed by atoms with Gasteiger partial charge in [0, 0.05) is 0 Å². The van der Waals surface area contributed by atoms with Gasteiger partial charge in [-0.05, 0) is 35.2 Å². The van der Waals surface area contributed by atoms with Crippen LogP contribution < -0.4 is 20.4 Å². The van der Waals surface area contributed by atoms with Crippen LogP contribution in [0.3, 0.4) is 0 Å². The molecule has 0 spiro atoms. The van der Waals surface area contributed by atoms with Crippen LogP contribution in [-0.2, 0) is 0 Å². The van der Waals surface area contributed by atoms with Crippen LogP contribution in [-0.4, -0.2) is 48.6 Å². The molecule has 0 aliphatic carbocycles. The third-order valence-electron chi connectivity index (χ3n) is 2.89. The van der Waals surface area contributed by atoms with E-state index in [2.05, 4.69) is 4.74 Å². The second-order valence-electron chi connectivity index (χ2n) is 4.41. The van der Waals surface area contributed by atoms with Crippen molar-refractivity contribution < 1.29 is 34.0 Å². The second kappa shape index (κ2) is 9.16. The largest absolute Gasteiger partial charge is 0.497 e. The van der Waals surface area contributed by atoms with Gasteiger partial charge >= 0.3 is 14.2 Å². The smallest absolute Gasteiger partial charge is 0.488 e. The molecule has 0 amide bonds. The van der Waals surface area contributed by atoms with Gasteiger partial charge in [-0.15, -0.1) is 0 Å². The quantitative estimate of drug-likeness (QED) is 0.533. The maximum Gasteiger partial charge on any atom is 0.488 e. The van der Waals surface area contributed by atoms with E-state index in [1.165, 1.54) is 19.2 Å². The van der Waals surface area contributed by atoms with E-state index in [4.69, 9.17) is 24.8 Å². The average Bonchev–Trinajstić information content (AvgIpc) is 2.55. The Labute approximate surface area is 134 Å². The van der Waals surface area contributed by atoms with Crippen LogP contribution in [0, 0.1) is 5.82 Å². The van der Waals surface area contributed by atoms with Crippen LogP contribution in [0.15, 0.2) is 42.5 Å². The van der Waals surface area contributed by atoms with E-state index in [1.807, 2.05) is 0 Å². The highest BCUT2D eigenvalue weighted by Crippen LogP contribution is 2.13. The molecular weight excluding hydrogens is 305 g/mol. The van der Waals surface area contributed by atoms with Gasteiger partial charge in [0.25, 0.3) is 0 Å². The van der Waals surface area contributed by atoms with E-state index in [1.54, 1.807) is 31.4 Å². The molecule has 122 valence electrons. The Morgan fingerprint density at radius 3 is 1.70 bits per heavy atom. The second-order valence-corrected chi connectivity index (χ2v) is 4.41. The lowest BCUT2D eigenvalue weighted by molar-refractivity contribution is 0.386. The summed E-state index contributed by atoms with van der Waals surface area (Å²) in [5, 5.41) is 34.7. The fraction of sp³-hybridized carbons (Fsp3) is 0.143. The first-order valence-corrected chi connectivity index (χ1v) is 6.58. The Bertz CT molecular complexity index is 607. The first-order chi connectivity index (χ1) is 10.9. The molecule has 0 atom stereocenters. The molecule has 0 bridgehead atoms. The van der Waals surface area contributed by atoms with Crippen molar-refractivity contribution in [3.63, 3.8) is 0 Å². The van der Waals surface area contributed by atoms with Gasteiger partial charge in [-0.1, -0.05) is 18.2 Å². The van der Waals surface area contributed by atoms with Crippen molar-refractivity contribution in [3.05, 3.63) is 48.3 Å². The highest BCUT2D eigenvalue weighted by atomic mass is 19.1. The van der Waals surface area contributed by atoms with Crippen LogP contribution in [0.2, 0.25) is 0 Å². The van der Waals surface area contributed by atoms with Gasteiger partial charge in [0.05, 0.1) is 14.2 Å². The topological polar surface area (TPSA) is 99.4 Å². The highest BCUT2D eigenvalue weighted by Gasteiger charge is 2.13. The first kappa shape index (κ1) is 19.0. The molecule has 2 aromatic rings. The molecule has 9 heteroatoms. The van der Waals surface area contributed by atoms with E-state index in [9.17, 15) is 4.39 Å². The Morgan fingerprint density at radius 2 is 1.30 bits per heavy atom. The summed E-state index contributed by atoms with van der Waals surface area (Å²) in [5.74, 6) is 0.178. The normalized spacial score (nSPS) is 9.52. The van der Waals surface area contributed by atoms with Crippen molar-refractivity contribution in [1.82, 2.24) is 0 Å². The summed E-state index contributed by atoms with van der Waals surface area (Å²) in [6, 6.07) is 10.3. The zero-order chi connectivity index (χ0) is 17.4. The minimum Gasteiger partial charge on any atom is -0.497 e. The van der Waals surface area contributed by atoms with E-state index in [0.717, 1.165) is 6.07 Å². The highest BCUT2D eigenvalue weighted by molar-refractivity contribution is 6.58. The van der Waals surface area contributed by atoms with Gasteiger partial charge in [0.2, 0.25) is 0 Å². The van der Waals surface area contributed by atoms with Crippen LogP contribution in [0.4, 0.5) is 4.39 Å². The zero-order valence-electron chi connectivity index (χ0n) is 12.7. The fourth-order valence-electron chi connectivity index (χ4n) is 1.62. The summed E-state index contributed by atoms with van der Waals surface area (Å²) >= 11 is 0. The van der Waals surface area contributed by atoms with Crippen LogP contribution in [0.25, 0.3) is 0 Å². The van der Waals surface area contributed by atoms with Crippen molar-refractivity contribution in [1.29, 1.82) is 0 Å². The molecule has 4 N–H and O–H groups in total. The number of ether oxygens (including phenoxy) is 2. The number of benzene rings is 2. The maximum atomic E-state index is 12.9. The summed E-state index contributed by atoms with van der Waals surface area (Å²) in [5.41, 5.74) is 0.569. The van der Waals surface area contributed by atoms with Crippen molar-refractivity contribution in [2.45, 2.75) is 0 Å². The van der Waals surface area contributed by atoms with Gasteiger partial charge in [-0.25, -0.2) is 4.39 Å². The van der Waals surface area contributed by atoms with Crippen molar-refractivity contribution in [3.8, 4) is 11.5 Å². The minimum absolute atomic E-state index is 0.0828. The average molecular weight is 322 g/mol. The van der Waals surface area contributed by atoms with Gasteiger partial charge in [0.1, 0.15) is 5.75 Å². The molecule has 0 saturated heterocycles. The molecule has 2 aromatic carbocycles. The predicted molar refractivity (Wildman–Crippen MR) is 85.6 cm³/mol. The van der Waals surface area contributed by atoms with E-state index in [-0.39, 0.29) is 11.2 Å². The number of hydrogen-bond acceptors (Lipinski definition) is 6. The van der Waals surface area contributed by atoms with Crippen molar-refractivity contribution in [2.24, 2.45) is 0 Å². The number of hydrogen-bond donors (Lipinski definition) is 4. The standard InChI is InChI=1S/C7H8BFO3.C7H9BO3/c1-12-7-3-2-5(8(10)11)4-6(7)9;1-11-7-4-2-6(3-5-7)8(9)10/h2-4,10-11H,1H3;2-5,9-10H,1H3. The predicted octanol–water partition coefficient (Wildman–Crippen LogP) is -1.11. The SMILES string of the molecule is COc1ccc(B(O)O)cc1.COc1ccc(B(O)O)cc1F. The van der Waals surface area contributed by atoms with Gasteiger partial charge in [0.15, 0.2) is 11.6 Å². The molecule has 0 radical (unpaired) electrons. The molecule has 23 heavy (non-hydrogen) atoms. The fourth-order valence-corrected chi connectivity index (χ4v) is 1.62. The molecule has 0 aromatic heterocycles. The lowest BCUT2D eigenvalue weighted by Gasteiger charge is -2.03. The van der Waals surface area contributed by atoms with E-state index < -0.39 is 20.1 Å². The summed E-state index contributed by atoms with van der Waals surface area (Å²) in [4.78, 5) is 0. The third kappa shape index (κ3) is 5.91. The molecular formula is C14H17B2FO6. The van der Waals surface area contributed by atoms with Crippen LogP contribution in [0.5, 0.6) is 11.5 Å². The molecule has 0 saturated carbocycles. The lowest BCUT2D eigenvalue weighted by atomic mass is 9.80. The Kier molecular flexibility index (Phi) is 7.56. The van der Waals surface area contributed by atoms with Gasteiger partial charge < -0.3 is 29.6 Å². The molecule has 2 rings (SSSR count). The third-order valence-corrected chi connectivity index (χ3v) is 2.89. The van der Waals surface area contributed by atoms with E-state index >= 15 is 0 Å². The summed E-state index contributed by atoms with van der Waals surface area (Å²) in [6.07, 6.45) is 0. The Balaban J connectivity index is 0.000000231. The first-order valence-electron chi connectivity index (χ1n) is 6.58. The van der Waals surface area contributed by atoms with Gasteiger partial charge in [-0.3, -0.25) is 0 Å².